The third-order valence-electron chi connectivity index (χ3n) is 3.84. The maximum atomic E-state index is 12.6. The molecule has 0 saturated carbocycles. The molecule has 1 atom stereocenters. The Hall–Kier alpha value is -2.09. The Kier molecular flexibility index (Phi) is 4.23. The van der Waals surface area contributed by atoms with Crippen molar-refractivity contribution in [3.8, 4) is 6.07 Å². The molecule has 1 aliphatic rings. The summed E-state index contributed by atoms with van der Waals surface area (Å²) in [5.41, 5.74) is 0.934. The van der Waals surface area contributed by atoms with Gasteiger partial charge in [-0.05, 0) is 25.3 Å². The predicted octanol–water partition coefficient (Wildman–Crippen LogP) is 1.87. The monoisotopic (exact) mass is 273 g/mol. The minimum Gasteiger partial charge on any atom is -0.345 e. The van der Waals surface area contributed by atoms with Gasteiger partial charge in [0.05, 0.1) is 11.6 Å². The van der Waals surface area contributed by atoms with Crippen LogP contribution in [0.2, 0.25) is 0 Å². The molecule has 0 aliphatic carbocycles. The molecular weight excluding hydrogens is 254 g/mol. The SMILES string of the molecule is CCC(=O)C1CCCCN1C(=O)c1cc(C#N)cn1C. The van der Waals surface area contributed by atoms with Gasteiger partial charge in [0.1, 0.15) is 11.8 Å². The van der Waals surface area contributed by atoms with Gasteiger partial charge in [0.25, 0.3) is 5.91 Å². The quantitative estimate of drug-likeness (QED) is 0.844. The molecule has 106 valence electrons. The molecule has 0 N–H and O–H groups in total. The van der Waals surface area contributed by atoms with E-state index < -0.39 is 0 Å². The zero-order valence-electron chi connectivity index (χ0n) is 11.9. The third kappa shape index (κ3) is 2.60. The van der Waals surface area contributed by atoms with Crippen molar-refractivity contribution in [3.05, 3.63) is 23.5 Å². The lowest BCUT2D eigenvalue weighted by Gasteiger charge is -2.34. The average molecular weight is 273 g/mol. The summed E-state index contributed by atoms with van der Waals surface area (Å²) in [5, 5.41) is 8.90. The van der Waals surface area contributed by atoms with Crippen LogP contribution >= 0.6 is 0 Å². The van der Waals surface area contributed by atoms with Crippen LogP contribution in [0, 0.1) is 11.3 Å². The standard InChI is InChI=1S/C15H19N3O2/c1-3-14(19)12-6-4-5-7-18(12)15(20)13-8-11(9-16)10-17(13)2/h8,10,12H,3-7H2,1-2H3. The maximum Gasteiger partial charge on any atom is 0.271 e. The first-order chi connectivity index (χ1) is 9.58. The molecule has 0 bridgehead atoms. The van der Waals surface area contributed by atoms with Crippen LogP contribution in [0.25, 0.3) is 0 Å². The highest BCUT2D eigenvalue weighted by Crippen LogP contribution is 2.22. The molecule has 1 saturated heterocycles. The normalized spacial score (nSPS) is 18.6. The molecule has 1 fully saturated rings. The topological polar surface area (TPSA) is 66.1 Å². The van der Waals surface area contributed by atoms with Gasteiger partial charge in [0, 0.05) is 26.2 Å². The fraction of sp³-hybridized carbons (Fsp3) is 0.533. The van der Waals surface area contributed by atoms with Crippen molar-refractivity contribution in [3.63, 3.8) is 0 Å². The molecule has 0 radical (unpaired) electrons. The van der Waals surface area contributed by atoms with E-state index >= 15 is 0 Å². The zero-order chi connectivity index (χ0) is 14.7. The van der Waals surface area contributed by atoms with Crippen LogP contribution in [0.5, 0.6) is 0 Å². The first-order valence-corrected chi connectivity index (χ1v) is 6.98. The number of aryl methyl sites for hydroxylation is 1. The van der Waals surface area contributed by atoms with Crippen molar-refractivity contribution in [2.75, 3.05) is 6.54 Å². The highest BCUT2D eigenvalue weighted by Gasteiger charge is 2.32. The lowest BCUT2D eigenvalue weighted by Crippen LogP contribution is -2.48. The number of piperidine rings is 1. The molecular formula is C15H19N3O2. The number of carbonyl (C=O) groups is 2. The Balaban J connectivity index is 2.27. The fourth-order valence-corrected chi connectivity index (χ4v) is 2.73. The number of ketones is 1. The van der Waals surface area contributed by atoms with Gasteiger partial charge in [-0.3, -0.25) is 9.59 Å². The van der Waals surface area contributed by atoms with E-state index in [2.05, 4.69) is 0 Å². The molecule has 20 heavy (non-hydrogen) atoms. The number of nitrogens with zero attached hydrogens (tertiary/aromatic N) is 3. The Morgan fingerprint density at radius 2 is 2.20 bits per heavy atom. The molecule has 5 heteroatoms. The van der Waals surface area contributed by atoms with Gasteiger partial charge in [-0.15, -0.1) is 0 Å². The van der Waals surface area contributed by atoms with E-state index in [9.17, 15) is 9.59 Å². The number of amides is 1. The number of hydrogen-bond acceptors (Lipinski definition) is 3. The van der Waals surface area contributed by atoms with E-state index in [0.717, 1.165) is 19.3 Å². The first-order valence-electron chi connectivity index (χ1n) is 6.98. The molecule has 1 aromatic heterocycles. The molecule has 1 unspecified atom stereocenters. The molecule has 5 nitrogen and oxygen atoms in total. The van der Waals surface area contributed by atoms with Crippen molar-refractivity contribution in [2.24, 2.45) is 7.05 Å². The minimum atomic E-state index is -0.304. The van der Waals surface area contributed by atoms with E-state index in [1.807, 2.05) is 13.0 Å². The Morgan fingerprint density at radius 1 is 1.45 bits per heavy atom. The summed E-state index contributed by atoms with van der Waals surface area (Å²) >= 11 is 0. The van der Waals surface area contributed by atoms with Crippen LogP contribution in [-0.2, 0) is 11.8 Å². The molecule has 2 heterocycles. The summed E-state index contributed by atoms with van der Waals surface area (Å²) in [4.78, 5) is 26.3. The lowest BCUT2D eigenvalue weighted by molar-refractivity contribution is -0.124. The molecule has 1 amide bonds. The summed E-state index contributed by atoms with van der Waals surface area (Å²) in [7, 11) is 1.74. The van der Waals surface area contributed by atoms with Crippen LogP contribution in [0.15, 0.2) is 12.3 Å². The number of aromatic nitrogens is 1. The van der Waals surface area contributed by atoms with E-state index in [-0.39, 0.29) is 17.7 Å². The van der Waals surface area contributed by atoms with Crippen LogP contribution in [0.1, 0.15) is 48.7 Å². The average Bonchev–Trinajstić information content (AvgIpc) is 2.86. The summed E-state index contributed by atoms with van der Waals surface area (Å²) in [5.74, 6) is -0.0340. The maximum absolute atomic E-state index is 12.6. The number of nitriles is 1. The number of rotatable bonds is 3. The van der Waals surface area contributed by atoms with Gasteiger partial charge < -0.3 is 9.47 Å². The summed E-state index contributed by atoms with van der Waals surface area (Å²) in [6, 6.07) is 3.32. The van der Waals surface area contributed by atoms with Gasteiger partial charge in [-0.1, -0.05) is 6.92 Å². The molecule has 1 aliphatic heterocycles. The number of hydrogen-bond donors (Lipinski definition) is 0. The molecule has 0 spiro atoms. The second-order valence-electron chi connectivity index (χ2n) is 5.17. The molecule has 2 rings (SSSR count). The highest BCUT2D eigenvalue weighted by atomic mass is 16.2. The molecule has 0 aromatic carbocycles. The summed E-state index contributed by atoms with van der Waals surface area (Å²) < 4.78 is 1.66. The minimum absolute atomic E-state index is 0.118. The van der Waals surface area contributed by atoms with Crippen molar-refractivity contribution >= 4 is 11.7 Å². The Bertz CT molecular complexity index is 568. The smallest absolute Gasteiger partial charge is 0.271 e. The van der Waals surface area contributed by atoms with Crippen molar-refractivity contribution in [1.82, 2.24) is 9.47 Å². The van der Waals surface area contributed by atoms with Gasteiger partial charge >= 0.3 is 0 Å². The van der Waals surface area contributed by atoms with Gasteiger partial charge in [0.2, 0.25) is 0 Å². The zero-order valence-corrected chi connectivity index (χ0v) is 11.9. The highest BCUT2D eigenvalue weighted by molar-refractivity contribution is 5.97. The van der Waals surface area contributed by atoms with Gasteiger partial charge in [-0.2, -0.15) is 5.26 Å². The summed E-state index contributed by atoms with van der Waals surface area (Å²) in [6.45, 7) is 2.44. The first kappa shape index (κ1) is 14.3. The van der Waals surface area contributed by atoms with Crippen LogP contribution in [0.4, 0.5) is 0 Å². The number of likely N-dealkylation sites (tertiary alicyclic amines) is 1. The van der Waals surface area contributed by atoms with E-state index in [1.165, 1.54) is 0 Å². The van der Waals surface area contributed by atoms with Crippen LogP contribution in [0.3, 0.4) is 0 Å². The summed E-state index contributed by atoms with van der Waals surface area (Å²) in [6.07, 6.45) is 4.73. The second-order valence-corrected chi connectivity index (χ2v) is 5.17. The Morgan fingerprint density at radius 3 is 2.80 bits per heavy atom. The second kappa shape index (κ2) is 5.91. The van der Waals surface area contributed by atoms with Crippen molar-refractivity contribution < 1.29 is 9.59 Å². The van der Waals surface area contributed by atoms with Gasteiger partial charge in [-0.25, -0.2) is 0 Å². The van der Waals surface area contributed by atoms with Crippen LogP contribution in [-0.4, -0.2) is 33.7 Å². The van der Waals surface area contributed by atoms with Crippen molar-refractivity contribution in [1.29, 1.82) is 5.26 Å². The van der Waals surface area contributed by atoms with E-state index in [1.54, 1.807) is 28.8 Å². The van der Waals surface area contributed by atoms with E-state index in [0.29, 0.717) is 24.2 Å². The third-order valence-corrected chi connectivity index (χ3v) is 3.84. The van der Waals surface area contributed by atoms with Crippen molar-refractivity contribution in [2.45, 2.75) is 38.6 Å². The number of Topliss-reactive ketones (excluding diaryl/α,β-unsaturated/α-hetero) is 1. The lowest BCUT2D eigenvalue weighted by atomic mass is 9.96. The molecule has 1 aromatic rings. The number of carbonyl (C=O) groups excluding carboxylic acids is 2. The predicted molar refractivity (Wildman–Crippen MR) is 74.1 cm³/mol. The van der Waals surface area contributed by atoms with Gasteiger partial charge in [0.15, 0.2) is 5.78 Å². The van der Waals surface area contributed by atoms with Crippen LogP contribution < -0.4 is 0 Å². The largest absolute Gasteiger partial charge is 0.345 e. The fourth-order valence-electron chi connectivity index (χ4n) is 2.73. The Labute approximate surface area is 118 Å². The van der Waals surface area contributed by atoms with E-state index in [4.69, 9.17) is 5.26 Å².